The Morgan fingerprint density at radius 3 is 2.79 bits per heavy atom. The van der Waals surface area contributed by atoms with Gasteiger partial charge in [0.2, 0.25) is 5.91 Å². The zero-order valence-corrected chi connectivity index (χ0v) is 21.2. The van der Waals surface area contributed by atoms with Crippen LogP contribution < -0.4 is 9.64 Å². The fourth-order valence-electron chi connectivity index (χ4n) is 6.40. The quantitative estimate of drug-likeness (QED) is 0.409. The highest BCUT2D eigenvalue weighted by Crippen LogP contribution is 2.57. The summed E-state index contributed by atoms with van der Waals surface area (Å²) >= 11 is 0. The number of carbonyl (C=O) groups is 2. The van der Waals surface area contributed by atoms with Gasteiger partial charge in [-0.3, -0.25) is 14.3 Å². The van der Waals surface area contributed by atoms with Crippen molar-refractivity contribution in [3.05, 3.63) is 101 Å². The number of anilines is 1. The van der Waals surface area contributed by atoms with Crippen LogP contribution in [-0.2, 0) is 23.3 Å². The number of hydrogen-bond donors (Lipinski definition) is 1. The number of hydrogen-bond acceptors (Lipinski definition) is 6. The van der Waals surface area contributed by atoms with Crippen LogP contribution >= 0.6 is 0 Å². The maximum Gasteiger partial charge on any atom is 0.254 e. The highest BCUT2D eigenvalue weighted by Gasteiger charge is 2.61. The van der Waals surface area contributed by atoms with Gasteiger partial charge < -0.3 is 19.6 Å². The molecule has 0 saturated carbocycles. The van der Waals surface area contributed by atoms with E-state index < -0.39 is 11.5 Å². The molecule has 9 nitrogen and oxygen atoms in total. The number of aromatic hydroxyl groups is 1. The van der Waals surface area contributed by atoms with Crippen LogP contribution in [0.1, 0.15) is 46.1 Å². The van der Waals surface area contributed by atoms with Crippen molar-refractivity contribution in [1.29, 1.82) is 0 Å². The van der Waals surface area contributed by atoms with E-state index in [2.05, 4.69) is 10.3 Å². The maximum absolute atomic E-state index is 14.6. The van der Waals surface area contributed by atoms with Crippen LogP contribution in [0.25, 0.3) is 0 Å². The first-order chi connectivity index (χ1) is 19.0. The smallest absolute Gasteiger partial charge is 0.254 e. The number of carbonyl (C=O) groups excluding carboxylic acids is 2. The first-order valence-electron chi connectivity index (χ1n) is 13.2. The Morgan fingerprint density at radius 1 is 1.03 bits per heavy atom. The van der Waals surface area contributed by atoms with Crippen molar-refractivity contribution in [1.82, 2.24) is 19.9 Å². The van der Waals surface area contributed by atoms with Gasteiger partial charge in [-0.25, -0.2) is 0 Å². The van der Waals surface area contributed by atoms with E-state index in [0.29, 0.717) is 49.7 Å². The molecular weight excluding hydrogens is 494 g/mol. The minimum absolute atomic E-state index is 0.0220. The lowest BCUT2D eigenvalue weighted by Crippen LogP contribution is -2.45. The maximum atomic E-state index is 14.6. The van der Waals surface area contributed by atoms with Crippen molar-refractivity contribution in [2.24, 2.45) is 0 Å². The molecule has 3 aromatic carbocycles. The minimum atomic E-state index is -0.988. The average molecular weight is 522 g/mol. The van der Waals surface area contributed by atoms with Crippen molar-refractivity contribution >= 4 is 17.5 Å². The number of rotatable bonds is 1. The number of aromatic nitrogens is 3. The third-order valence-corrected chi connectivity index (χ3v) is 8.06. The topological polar surface area (TPSA) is 101 Å². The lowest BCUT2D eigenvalue weighted by atomic mass is 9.72. The first-order valence-corrected chi connectivity index (χ1v) is 13.2. The molecule has 2 atom stereocenters. The Balaban J connectivity index is 1.42. The van der Waals surface area contributed by atoms with Gasteiger partial charge in [-0.1, -0.05) is 41.6 Å². The number of para-hydroxylation sites is 1. The molecule has 4 heterocycles. The minimum Gasteiger partial charge on any atom is -0.508 e. The molecular formula is C30H27N5O4. The van der Waals surface area contributed by atoms with Crippen molar-refractivity contribution < 1.29 is 19.4 Å². The van der Waals surface area contributed by atoms with Crippen molar-refractivity contribution in [2.45, 2.75) is 37.4 Å². The van der Waals surface area contributed by atoms with E-state index >= 15 is 0 Å². The molecule has 3 aliphatic heterocycles. The van der Waals surface area contributed by atoms with E-state index in [1.165, 1.54) is 12.1 Å². The molecule has 0 radical (unpaired) electrons. The predicted molar refractivity (Wildman–Crippen MR) is 142 cm³/mol. The second-order valence-electron chi connectivity index (χ2n) is 10.3. The molecule has 4 aromatic rings. The fraction of sp³-hybridized carbons (Fsp3) is 0.267. The van der Waals surface area contributed by atoms with E-state index in [4.69, 9.17) is 4.74 Å². The lowest BCUT2D eigenvalue weighted by molar-refractivity contribution is -0.124. The van der Waals surface area contributed by atoms with Crippen LogP contribution in [-0.4, -0.2) is 50.0 Å². The zero-order chi connectivity index (χ0) is 26.6. The highest BCUT2D eigenvalue weighted by atomic mass is 16.5. The standard InChI is InChI=1S/C30H27N5O4/c36-23-8-3-7-21(16-23)28(37)34-14-12-30-25-10-1-2-11-26(25)35(29(30)38)19-22-18-33(32-31-22)13-5-15-39-24-9-4-6-20(17-24)27(30)34/h1-4,6-11,16-18,27,36H,5,12-15,19H2/t27-,30-/m0/s1. The van der Waals surface area contributed by atoms with E-state index in [0.717, 1.165) is 23.2 Å². The summed E-state index contributed by atoms with van der Waals surface area (Å²) < 4.78 is 7.88. The first kappa shape index (κ1) is 23.5. The van der Waals surface area contributed by atoms with Gasteiger partial charge in [-0.05, 0) is 53.9 Å². The Labute approximate surface area is 225 Å². The zero-order valence-electron chi connectivity index (χ0n) is 21.2. The van der Waals surface area contributed by atoms with Crippen LogP contribution in [0.4, 0.5) is 5.69 Å². The SMILES string of the molecule is O=C(c1cccc(O)c1)N1CC[C@@]23C(=O)N(Cc4cn(nn4)CCCOc4cccc(c4)[C@H]12)c1ccccc13. The molecule has 2 amide bonds. The van der Waals surface area contributed by atoms with E-state index in [1.54, 1.807) is 26.6 Å². The number of phenols is 1. The number of aryl methyl sites for hydroxylation is 1. The molecule has 1 spiro atoms. The Kier molecular flexibility index (Phi) is 5.40. The van der Waals surface area contributed by atoms with Gasteiger partial charge in [-0.15, -0.1) is 5.10 Å². The van der Waals surface area contributed by atoms with E-state index in [1.807, 2.05) is 54.7 Å². The second-order valence-corrected chi connectivity index (χ2v) is 10.3. The van der Waals surface area contributed by atoms with Gasteiger partial charge in [0.25, 0.3) is 5.91 Å². The summed E-state index contributed by atoms with van der Waals surface area (Å²) in [5, 5.41) is 18.7. The average Bonchev–Trinajstić information content (AvgIpc) is 3.63. The summed E-state index contributed by atoms with van der Waals surface area (Å²) in [5.41, 5.74) is 2.65. The molecule has 0 aliphatic carbocycles. The molecule has 39 heavy (non-hydrogen) atoms. The second kappa shape index (κ2) is 8.97. The van der Waals surface area contributed by atoms with Crippen LogP contribution in [0.5, 0.6) is 11.5 Å². The number of phenolic OH excluding ortho intramolecular Hbond substituents is 1. The van der Waals surface area contributed by atoms with Crippen LogP contribution in [0.3, 0.4) is 0 Å². The molecule has 1 N–H and O–H groups in total. The predicted octanol–water partition coefficient (Wildman–Crippen LogP) is 3.84. The van der Waals surface area contributed by atoms with Gasteiger partial charge in [0.15, 0.2) is 0 Å². The van der Waals surface area contributed by atoms with E-state index in [-0.39, 0.29) is 17.6 Å². The summed E-state index contributed by atoms with van der Waals surface area (Å²) in [6.07, 6.45) is 3.09. The highest BCUT2D eigenvalue weighted by molar-refractivity contribution is 6.10. The van der Waals surface area contributed by atoms with Crippen LogP contribution in [0.15, 0.2) is 79.0 Å². The summed E-state index contributed by atoms with van der Waals surface area (Å²) in [6.45, 7) is 1.82. The number of fused-ring (bicyclic) bond motifs is 8. The third kappa shape index (κ3) is 3.68. The summed E-state index contributed by atoms with van der Waals surface area (Å²) in [6, 6.07) is 21.4. The molecule has 196 valence electrons. The summed E-state index contributed by atoms with van der Waals surface area (Å²) in [5.74, 6) is 0.414. The molecule has 9 heteroatoms. The molecule has 1 fully saturated rings. The Morgan fingerprint density at radius 2 is 1.90 bits per heavy atom. The number of ether oxygens (including phenoxy) is 1. The van der Waals surface area contributed by atoms with Crippen molar-refractivity contribution in [3.63, 3.8) is 0 Å². The number of nitrogens with zero attached hydrogens (tertiary/aromatic N) is 5. The molecule has 1 saturated heterocycles. The lowest BCUT2D eigenvalue weighted by Gasteiger charge is -2.35. The molecule has 0 unspecified atom stereocenters. The van der Waals surface area contributed by atoms with Gasteiger partial charge in [0.05, 0.1) is 25.4 Å². The number of amides is 2. The monoisotopic (exact) mass is 521 g/mol. The van der Waals surface area contributed by atoms with Crippen molar-refractivity contribution in [2.75, 3.05) is 18.1 Å². The Hall–Kier alpha value is -4.66. The van der Waals surface area contributed by atoms with Crippen molar-refractivity contribution in [3.8, 4) is 11.5 Å². The summed E-state index contributed by atoms with van der Waals surface area (Å²) in [4.78, 5) is 32.2. The molecule has 1 aromatic heterocycles. The molecule has 6 bridgehead atoms. The van der Waals surface area contributed by atoms with Crippen LogP contribution in [0.2, 0.25) is 0 Å². The number of benzene rings is 3. The van der Waals surface area contributed by atoms with E-state index in [9.17, 15) is 14.7 Å². The van der Waals surface area contributed by atoms with Gasteiger partial charge in [0.1, 0.15) is 22.6 Å². The fourth-order valence-corrected chi connectivity index (χ4v) is 6.40. The largest absolute Gasteiger partial charge is 0.508 e. The summed E-state index contributed by atoms with van der Waals surface area (Å²) in [7, 11) is 0. The third-order valence-electron chi connectivity index (χ3n) is 8.06. The number of likely N-dealkylation sites (tertiary alicyclic amines) is 1. The Bertz CT molecular complexity index is 1600. The van der Waals surface area contributed by atoms with Crippen LogP contribution in [0, 0.1) is 0 Å². The van der Waals surface area contributed by atoms with Gasteiger partial charge >= 0.3 is 0 Å². The normalized spacial score (nSPS) is 21.9. The molecule has 7 rings (SSSR count). The van der Waals surface area contributed by atoms with Gasteiger partial charge in [-0.2, -0.15) is 0 Å². The molecule has 3 aliphatic rings. The van der Waals surface area contributed by atoms with Gasteiger partial charge in [0, 0.05) is 30.8 Å².